The molecule has 0 spiro atoms. The molecule has 0 bridgehead atoms. The maximum Gasteiger partial charge on any atom is 0.258 e. The molecule has 0 aliphatic carbocycles. The van der Waals surface area contributed by atoms with E-state index in [2.05, 4.69) is 5.32 Å². The number of aryl methyl sites for hydroxylation is 1. The zero-order valence-corrected chi connectivity index (χ0v) is 14.6. The fourth-order valence-corrected chi connectivity index (χ4v) is 2.31. The lowest BCUT2D eigenvalue weighted by Gasteiger charge is -2.16. The summed E-state index contributed by atoms with van der Waals surface area (Å²) < 4.78 is 19.2. The second-order valence-corrected chi connectivity index (χ2v) is 6.19. The minimum Gasteiger partial charge on any atom is -0.491 e. The summed E-state index contributed by atoms with van der Waals surface area (Å²) in [6.07, 6.45) is -0.585. The molecule has 0 aromatic heterocycles. The molecule has 0 heterocycles. The van der Waals surface area contributed by atoms with Crippen LogP contribution in [0.15, 0.2) is 42.5 Å². The van der Waals surface area contributed by atoms with Crippen molar-refractivity contribution in [3.05, 3.63) is 59.4 Å². The predicted octanol–water partition coefficient (Wildman–Crippen LogP) is 2.69. The molecule has 0 aliphatic heterocycles. The SMILES string of the molecule is Cc1ccc(F)c(C(=O)Nc2ccc(OCC(O)CN(C)C)cc2)c1. The maximum absolute atomic E-state index is 13.7. The number of nitrogens with one attached hydrogen (secondary N) is 1. The van der Waals surface area contributed by atoms with Crippen LogP contribution in [0.5, 0.6) is 5.75 Å². The molecule has 2 N–H and O–H groups in total. The van der Waals surface area contributed by atoms with Gasteiger partial charge in [0.15, 0.2) is 0 Å². The number of ether oxygens (including phenoxy) is 1. The molecular formula is C19H23FN2O3. The van der Waals surface area contributed by atoms with E-state index in [0.717, 1.165) is 5.56 Å². The summed E-state index contributed by atoms with van der Waals surface area (Å²) in [6, 6.07) is 11.1. The Hall–Kier alpha value is -2.44. The highest BCUT2D eigenvalue weighted by atomic mass is 19.1. The summed E-state index contributed by atoms with van der Waals surface area (Å²) >= 11 is 0. The maximum atomic E-state index is 13.7. The number of rotatable bonds is 7. The number of hydrogen-bond donors (Lipinski definition) is 2. The summed E-state index contributed by atoms with van der Waals surface area (Å²) in [5.74, 6) is -0.480. The van der Waals surface area contributed by atoms with Gasteiger partial charge in [-0.05, 0) is 57.4 Å². The Morgan fingerprint density at radius 2 is 1.92 bits per heavy atom. The first-order valence-corrected chi connectivity index (χ1v) is 7.98. The smallest absolute Gasteiger partial charge is 0.258 e. The molecule has 0 saturated heterocycles. The van der Waals surface area contributed by atoms with Gasteiger partial charge in [-0.1, -0.05) is 11.6 Å². The van der Waals surface area contributed by atoms with Crippen molar-refractivity contribution in [1.82, 2.24) is 4.90 Å². The Balaban J connectivity index is 1.93. The van der Waals surface area contributed by atoms with Crippen LogP contribution >= 0.6 is 0 Å². The summed E-state index contributed by atoms with van der Waals surface area (Å²) in [7, 11) is 3.75. The van der Waals surface area contributed by atoms with E-state index in [1.807, 2.05) is 19.0 Å². The van der Waals surface area contributed by atoms with Crippen molar-refractivity contribution >= 4 is 11.6 Å². The van der Waals surface area contributed by atoms with Crippen LogP contribution in [-0.2, 0) is 0 Å². The number of halogens is 1. The van der Waals surface area contributed by atoms with E-state index >= 15 is 0 Å². The van der Waals surface area contributed by atoms with Gasteiger partial charge in [-0.2, -0.15) is 0 Å². The van der Waals surface area contributed by atoms with Crippen LogP contribution in [-0.4, -0.2) is 49.3 Å². The standard InChI is InChI=1S/C19H23FN2O3/c1-13-4-9-18(20)17(10-13)19(24)21-14-5-7-16(8-6-14)25-12-15(23)11-22(2)3/h4-10,15,23H,11-12H2,1-3H3,(H,21,24). The molecule has 2 aromatic rings. The van der Waals surface area contributed by atoms with E-state index in [1.165, 1.54) is 12.1 Å². The fourth-order valence-electron chi connectivity index (χ4n) is 2.31. The second kappa shape index (κ2) is 8.60. The third kappa shape index (κ3) is 5.85. The molecule has 1 amide bonds. The lowest BCUT2D eigenvalue weighted by molar-refractivity contribution is 0.0831. The molecule has 1 unspecified atom stereocenters. The lowest BCUT2D eigenvalue weighted by Crippen LogP contribution is -2.30. The van der Waals surface area contributed by atoms with Gasteiger partial charge in [-0.25, -0.2) is 4.39 Å². The monoisotopic (exact) mass is 346 g/mol. The van der Waals surface area contributed by atoms with Crippen LogP contribution in [0, 0.1) is 12.7 Å². The van der Waals surface area contributed by atoms with Crippen molar-refractivity contribution in [3.8, 4) is 5.75 Å². The first kappa shape index (κ1) is 18.9. The van der Waals surface area contributed by atoms with Crippen LogP contribution in [0.3, 0.4) is 0 Å². The molecule has 1 atom stereocenters. The highest BCUT2D eigenvalue weighted by molar-refractivity contribution is 6.04. The molecule has 2 aromatic carbocycles. The Labute approximate surface area is 147 Å². The van der Waals surface area contributed by atoms with Crippen LogP contribution in [0.4, 0.5) is 10.1 Å². The summed E-state index contributed by atoms with van der Waals surface area (Å²) in [5.41, 5.74) is 1.35. The Morgan fingerprint density at radius 1 is 1.24 bits per heavy atom. The topological polar surface area (TPSA) is 61.8 Å². The van der Waals surface area contributed by atoms with Gasteiger partial charge in [-0.3, -0.25) is 4.79 Å². The molecule has 134 valence electrons. The number of benzene rings is 2. The zero-order chi connectivity index (χ0) is 18.4. The van der Waals surface area contributed by atoms with Crippen molar-refractivity contribution in [2.45, 2.75) is 13.0 Å². The van der Waals surface area contributed by atoms with Gasteiger partial charge in [0, 0.05) is 12.2 Å². The minimum absolute atomic E-state index is 0.00661. The quantitative estimate of drug-likeness (QED) is 0.809. The van der Waals surface area contributed by atoms with Gasteiger partial charge in [0.25, 0.3) is 5.91 Å². The van der Waals surface area contributed by atoms with E-state index in [9.17, 15) is 14.3 Å². The Bertz CT molecular complexity index is 717. The summed E-state index contributed by atoms with van der Waals surface area (Å²) in [5, 5.41) is 12.4. The second-order valence-electron chi connectivity index (χ2n) is 6.19. The largest absolute Gasteiger partial charge is 0.491 e. The predicted molar refractivity (Wildman–Crippen MR) is 95.6 cm³/mol. The molecule has 2 rings (SSSR count). The number of nitrogens with zero attached hydrogens (tertiary/aromatic N) is 1. The van der Waals surface area contributed by atoms with Gasteiger partial charge >= 0.3 is 0 Å². The van der Waals surface area contributed by atoms with Crippen LogP contribution in [0.2, 0.25) is 0 Å². The number of aliphatic hydroxyl groups excluding tert-OH is 1. The Kier molecular flexibility index (Phi) is 6.50. The van der Waals surface area contributed by atoms with Crippen LogP contribution < -0.4 is 10.1 Å². The number of anilines is 1. The zero-order valence-electron chi connectivity index (χ0n) is 14.6. The minimum atomic E-state index is -0.585. The van der Waals surface area contributed by atoms with Crippen molar-refractivity contribution < 1.29 is 19.0 Å². The Morgan fingerprint density at radius 3 is 2.56 bits per heavy atom. The van der Waals surface area contributed by atoms with Gasteiger partial charge in [0.1, 0.15) is 24.3 Å². The summed E-state index contributed by atoms with van der Waals surface area (Å²) in [6.45, 7) is 2.49. The van der Waals surface area contributed by atoms with Crippen molar-refractivity contribution in [2.24, 2.45) is 0 Å². The highest BCUT2D eigenvalue weighted by Crippen LogP contribution is 2.18. The van der Waals surface area contributed by atoms with Crippen LogP contribution in [0.25, 0.3) is 0 Å². The highest BCUT2D eigenvalue weighted by Gasteiger charge is 2.12. The molecule has 0 fully saturated rings. The molecule has 0 saturated carbocycles. The molecule has 0 radical (unpaired) electrons. The number of carbonyl (C=O) groups excluding carboxylic acids is 1. The molecule has 0 aliphatic rings. The first-order chi connectivity index (χ1) is 11.8. The average Bonchev–Trinajstić information content (AvgIpc) is 2.55. The van der Waals surface area contributed by atoms with Crippen molar-refractivity contribution in [2.75, 3.05) is 32.6 Å². The number of amides is 1. The molecule has 25 heavy (non-hydrogen) atoms. The van der Waals surface area contributed by atoms with E-state index in [4.69, 9.17) is 4.74 Å². The van der Waals surface area contributed by atoms with E-state index < -0.39 is 17.8 Å². The van der Waals surface area contributed by atoms with Gasteiger partial charge in [-0.15, -0.1) is 0 Å². The third-order valence-electron chi connectivity index (χ3n) is 3.50. The molecule has 5 nitrogen and oxygen atoms in total. The normalized spacial score (nSPS) is 12.1. The number of likely N-dealkylation sites (N-methyl/N-ethyl adjacent to an activating group) is 1. The van der Waals surface area contributed by atoms with Crippen molar-refractivity contribution in [3.63, 3.8) is 0 Å². The average molecular weight is 346 g/mol. The van der Waals surface area contributed by atoms with E-state index in [-0.39, 0.29) is 12.2 Å². The summed E-state index contributed by atoms with van der Waals surface area (Å²) in [4.78, 5) is 14.0. The number of aliphatic hydroxyl groups is 1. The van der Waals surface area contributed by atoms with Crippen LogP contribution in [0.1, 0.15) is 15.9 Å². The molecular weight excluding hydrogens is 323 g/mol. The van der Waals surface area contributed by atoms with Gasteiger partial charge in [0.05, 0.1) is 5.56 Å². The van der Waals surface area contributed by atoms with Crippen molar-refractivity contribution in [1.29, 1.82) is 0 Å². The van der Waals surface area contributed by atoms with E-state index in [0.29, 0.717) is 18.0 Å². The fraction of sp³-hybridized carbons (Fsp3) is 0.316. The lowest BCUT2D eigenvalue weighted by atomic mass is 10.1. The van der Waals surface area contributed by atoms with Gasteiger partial charge < -0.3 is 20.1 Å². The van der Waals surface area contributed by atoms with Gasteiger partial charge in [0.2, 0.25) is 0 Å². The number of hydrogen-bond acceptors (Lipinski definition) is 4. The third-order valence-corrected chi connectivity index (χ3v) is 3.50. The molecule has 6 heteroatoms. The van der Waals surface area contributed by atoms with E-state index in [1.54, 1.807) is 37.3 Å². The number of carbonyl (C=O) groups is 1. The first-order valence-electron chi connectivity index (χ1n) is 7.98.